The molecule has 0 spiro atoms. The van der Waals surface area contributed by atoms with Gasteiger partial charge in [0.25, 0.3) is 11.8 Å². The van der Waals surface area contributed by atoms with E-state index in [9.17, 15) is 9.59 Å². The van der Waals surface area contributed by atoms with Crippen molar-refractivity contribution in [3.05, 3.63) is 52.7 Å². The minimum Gasteiger partial charge on any atom is -0.364 e. The summed E-state index contributed by atoms with van der Waals surface area (Å²) in [5.41, 5.74) is 6.74. The number of nitrogens with one attached hydrogen (secondary N) is 1. The molecule has 1 heterocycles. The fourth-order valence-electron chi connectivity index (χ4n) is 1.67. The molecule has 0 unspecified atom stereocenters. The molecule has 6 heteroatoms. The van der Waals surface area contributed by atoms with Gasteiger partial charge in [-0.25, -0.2) is 4.98 Å². The quantitative estimate of drug-likeness (QED) is 0.901. The average molecular weight is 289 g/mol. The molecule has 0 aliphatic carbocycles. The Morgan fingerprint density at radius 3 is 2.70 bits per heavy atom. The van der Waals surface area contributed by atoms with E-state index in [0.717, 1.165) is 0 Å². The van der Waals surface area contributed by atoms with Gasteiger partial charge in [-0.3, -0.25) is 9.59 Å². The van der Waals surface area contributed by atoms with Crippen LogP contribution in [0.25, 0.3) is 11.3 Å². The second-order valence-corrected chi connectivity index (χ2v) is 4.37. The summed E-state index contributed by atoms with van der Waals surface area (Å²) >= 11 is 6.15. The van der Waals surface area contributed by atoms with E-state index in [1.165, 1.54) is 13.1 Å². The van der Waals surface area contributed by atoms with E-state index in [-0.39, 0.29) is 11.6 Å². The highest BCUT2D eigenvalue weighted by atomic mass is 35.5. The molecule has 2 rings (SSSR count). The number of hydrogen-bond acceptors (Lipinski definition) is 3. The van der Waals surface area contributed by atoms with Gasteiger partial charge in [-0.1, -0.05) is 17.7 Å². The third-order valence-electron chi connectivity index (χ3n) is 2.66. The third-order valence-corrected chi connectivity index (χ3v) is 2.97. The van der Waals surface area contributed by atoms with E-state index in [1.807, 2.05) is 0 Å². The maximum atomic E-state index is 11.5. The van der Waals surface area contributed by atoms with Crippen molar-refractivity contribution in [2.24, 2.45) is 5.73 Å². The highest BCUT2D eigenvalue weighted by Crippen LogP contribution is 2.27. The van der Waals surface area contributed by atoms with Crippen molar-refractivity contribution < 1.29 is 9.59 Å². The van der Waals surface area contributed by atoms with Crippen molar-refractivity contribution in [3.8, 4) is 11.3 Å². The van der Waals surface area contributed by atoms with Crippen LogP contribution in [0.2, 0.25) is 5.02 Å². The summed E-state index contributed by atoms with van der Waals surface area (Å²) in [4.78, 5) is 26.7. The average Bonchev–Trinajstić information content (AvgIpc) is 2.46. The van der Waals surface area contributed by atoms with Crippen molar-refractivity contribution >= 4 is 23.4 Å². The summed E-state index contributed by atoms with van der Waals surface area (Å²) < 4.78 is 0. The normalized spacial score (nSPS) is 10.1. The zero-order valence-corrected chi connectivity index (χ0v) is 11.4. The minimum absolute atomic E-state index is 0.0361. The predicted octanol–water partition coefficient (Wildman–Crippen LogP) is 1.66. The molecular weight excluding hydrogens is 278 g/mol. The number of carbonyl (C=O) groups excluding carboxylic acids is 2. The largest absolute Gasteiger partial charge is 0.364 e. The molecule has 5 nitrogen and oxygen atoms in total. The van der Waals surface area contributed by atoms with Crippen LogP contribution in [-0.2, 0) is 0 Å². The van der Waals surface area contributed by atoms with Gasteiger partial charge in [0, 0.05) is 24.2 Å². The molecule has 0 aliphatic rings. The summed E-state index contributed by atoms with van der Waals surface area (Å²) in [5, 5.41) is 2.87. The van der Waals surface area contributed by atoms with Crippen molar-refractivity contribution in [1.82, 2.24) is 10.3 Å². The Kier molecular flexibility index (Phi) is 4.00. The van der Waals surface area contributed by atoms with Gasteiger partial charge in [-0.15, -0.1) is 0 Å². The first-order chi connectivity index (χ1) is 9.52. The number of aromatic nitrogens is 1. The zero-order chi connectivity index (χ0) is 14.7. The second kappa shape index (κ2) is 5.71. The lowest BCUT2D eigenvalue weighted by Gasteiger charge is -2.07. The van der Waals surface area contributed by atoms with Gasteiger partial charge in [-0.2, -0.15) is 0 Å². The Morgan fingerprint density at radius 1 is 1.35 bits per heavy atom. The van der Waals surface area contributed by atoms with Crippen molar-refractivity contribution in [3.63, 3.8) is 0 Å². The lowest BCUT2D eigenvalue weighted by Crippen LogP contribution is -2.17. The highest BCUT2D eigenvalue weighted by molar-refractivity contribution is 6.33. The SMILES string of the molecule is CNC(=O)c1ccc(-c2cc[c]c(C(N)=O)n2)c(Cl)c1. The Morgan fingerprint density at radius 2 is 2.10 bits per heavy atom. The van der Waals surface area contributed by atoms with Crippen LogP contribution in [0.3, 0.4) is 0 Å². The van der Waals surface area contributed by atoms with Crippen LogP contribution in [0.5, 0.6) is 0 Å². The monoisotopic (exact) mass is 288 g/mol. The number of halogens is 1. The number of pyridine rings is 1. The Balaban J connectivity index is 2.46. The summed E-state index contributed by atoms with van der Waals surface area (Å²) in [7, 11) is 1.54. The molecule has 1 aromatic carbocycles. The van der Waals surface area contributed by atoms with Crippen LogP contribution in [-0.4, -0.2) is 23.8 Å². The number of hydrogen-bond donors (Lipinski definition) is 2. The van der Waals surface area contributed by atoms with Gasteiger partial charge < -0.3 is 11.1 Å². The molecule has 0 saturated carbocycles. The number of benzene rings is 1. The molecule has 0 fully saturated rings. The van der Waals surface area contributed by atoms with Crippen molar-refractivity contribution in [2.75, 3.05) is 7.05 Å². The van der Waals surface area contributed by atoms with E-state index >= 15 is 0 Å². The van der Waals surface area contributed by atoms with Gasteiger partial charge in [-0.05, 0) is 24.3 Å². The molecule has 0 saturated heterocycles. The van der Waals surface area contributed by atoms with Crippen LogP contribution in [0, 0.1) is 6.07 Å². The predicted molar refractivity (Wildman–Crippen MR) is 75.4 cm³/mol. The van der Waals surface area contributed by atoms with Crippen LogP contribution in [0.15, 0.2) is 30.3 Å². The maximum Gasteiger partial charge on any atom is 0.267 e. The van der Waals surface area contributed by atoms with Crippen LogP contribution < -0.4 is 11.1 Å². The fourth-order valence-corrected chi connectivity index (χ4v) is 1.95. The first kappa shape index (κ1) is 14.0. The Labute approximate surface area is 120 Å². The Bertz CT molecular complexity index is 686. The van der Waals surface area contributed by atoms with Gasteiger partial charge in [0.15, 0.2) is 0 Å². The highest BCUT2D eigenvalue weighted by Gasteiger charge is 2.11. The summed E-state index contributed by atoms with van der Waals surface area (Å²) in [6, 6.07) is 10.7. The number of nitrogens with two attached hydrogens (primary N) is 1. The number of nitrogens with zero attached hydrogens (tertiary/aromatic N) is 1. The first-order valence-corrected chi connectivity index (χ1v) is 6.11. The molecule has 1 radical (unpaired) electrons. The first-order valence-electron chi connectivity index (χ1n) is 5.73. The zero-order valence-electron chi connectivity index (χ0n) is 10.6. The molecule has 1 aromatic heterocycles. The van der Waals surface area contributed by atoms with E-state index in [4.69, 9.17) is 17.3 Å². The second-order valence-electron chi connectivity index (χ2n) is 3.96. The van der Waals surface area contributed by atoms with Crippen molar-refractivity contribution in [2.45, 2.75) is 0 Å². The number of amides is 2. The summed E-state index contributed by atoms with van der Waals surface area (Å²) in [5.74, 6) is -0.893. The number of primary amides is 1. The van der Waals surface area contributed by atoms with Gasteiger partial charge in [0.05, 0.1) is 10.7 Å². The van der Waals surface area contributed by atoms with Gasteiger partial charge >= 0.3 is 0 Å². The molecule has 3 N–H and O–H groups in total. The van der Waals surface area contributed by atoms with Crippen LogP contribution in [0.4, 0.5) is 0 Å². The van der Waals surface area contributed by atoms with Gasteiger partial charge in [0.1, 0.15) is 5.69 Å². The van der Waals surface area contributed by atoms with E-state index < -0.39 is 5.91 Å². The minimum atomic E-state index is -0.662. The smallest absolute Gasteiger partial charge is 0.267 e. The number of rotatable bonds is 3. The Hall–Kier alpha value is -2.40. The maximum absolute atomic E-state index is 11.5. The van der Waals surface area contributed by atoms with E-state index in [0.29, 0.717) is 21.8 Å². The molecule has 2 amide bonds. The topological polar surface area (TPSA) is 85.1 Å². The van der Waals surface area contributed by atoms with Gasteiger partial charge in [0.2, 0.25) is 0 Å². The lowest BCUT2D eigenvalue weighted by atomic mass is 10.1. The standard InChI is InChI=1S/C14H11ClN3O2/c1-17-14(20)8-5-6-9(10(15)7-8)11-3-2-4-12(18-11)13(16)19/h2-3,5-7H,1H3,(H2,16,19)(H,17,20). The summed E-state index contributed by atoms with van der Waals surface area (Å²) in [6.45, 7) is 0. The van der Waals surface area contributed by atoms with E-state index in [1.54, 1.807) is 24.3 Å². The van der Waals surface area contributed by atoms with Crippen molar-refractivity contribution in [1.29, 1.82) is 0 Å². The molecular formula is C14H11ClN3O2. The molecule has 20 heavy (non-hydrogen) atoms. The molecule has 0 bridgehead atoms. The van der Waals surface area contributed by atoms with E-state index in [2.05, 4.69) is 16.4 Å². The van der Waals surface area contributed by atoms with Crippen LogP contribution in [0.1, 0.15) is 20.8 Å². The molecule has 101 valence electrons. The molecule has 0 atom stereocenters. The molecule has 0 aliphatic heterocycles. The molecule has 2 aromatic rings. The fraction of sp³-hybridized carbons (Fsp3) is 0.0714. The lowest BCUT2D eigenvalue weighted by molar-refractivity contribution is 0.0961. The van der Waals surface area contributed by atoms with Crippen LogP contribution >= 0.6 is 11.6 Å². The third kappa shape index (κ3) is 2.78. The number of carbonyl (C=O) groups is 2. The summed E-state index contributed by atoms with van der Waals surface area (Å²) in [6.07, 6.45) is 0.